The van der Waals surface area contributed by atoms with E-state index in [0.717, 1.165) is 94.0 Å². The largest absolute Gasteiger partial charge is 0.454 e. The van der Waals surface area contributed by atoms with E-state index in [-0.39, 0.29) is 0 Å². The first-order valence-corrected chi connectivity index (χ1v) is 24.0. The van der Waals surface area contributed by atoms with Crippen molar-refractivity contribution in [3.8, 4) is 56.7 Å². The molecule has 0 spiro atoms. The topological polar surface area (TPSA) is 61.7 Å². The molecule has 15 rings (SSSR count). The fourth-order valence-electron chi connectivity index (χ4n) is 11.0. The van der Waals surface area contributed by atoms with Crippen LogP contribution in [0.25, 0.3) is 144 Å². The Balaban J connectivity index is 1.00. The van der Waals surface area contributed by atoms with Crippen molar-refractivity contribution in [2.45, 2.75) is 0 Å². The lowest BCUT2D eigenvalue weighted by molar-refractivity contribution is 0.666. The van der Waals surface area contributed by atoms with Crippen molar-refractivity contribution in [3.63, 3.8) is 0 Å². The molecule has 0 aliphatic heterocycles. The van der Waals surface area contributed by atoms with E-state index in [1.54, 1.807) is 0 Å². The summed E-state index contributed by atoms with van der Waals surface area (Å²) < 4.78 is 11.7. The summed E-state index contributed by atoms with van der Waals surface area (Å²) in [6, 6.07) is 83.9. The maximum atomic E-state index is 6.94. The SMILES string of the molecule is c1ccc(-c2ccc(-c3nc(-c4cc(-n5c6cc7ccccc7cc6c6c7ccccc7ccc65)c5oc6ccccc6c5c4)nc(-c4ccc5c(c4)c4ccccc4n5-c4ccccc4)n3)cc2)cc1. The highest BCUT2D eigenvalue weighted by Gasteiger charge is 2.23. The number of aromatic nitrogens is 5. The van der Waals surface area contributed by atoms with Crippen LogP contribution in [-0.2, 0) is 0 Å². The van der Waals surface area contributed by atoms with Crippen LogP contribution >= 0.6 is 0 Å². The lowest BCUT2D eigenvalue weighted by Crippen LogP contribution is -2.02. The number of rotatable bonds is 6. The lowest BCUT2D eigenvalue weighted by atomic mass is 10.0. The third-order valence-corrected chi connectivity index (χ3v) is 14.3. The van der Waals surface area contributed by atoms with Gasteiger partial charge in [-0.25, -0.2) is 15.0 Å². The van der Waals surface area contributed by atoms with Gasteiger partial charge in [0.15, 0.2) is 23.1 Å². The molecule has 15 aromatic rings. The molecule has 0 unspecified atom stereocenters. The summed E-state index contributed by atoms with van der Waals surface area (Å²) in [5.74, 6) is 1.74. The van der Waals surface area contributed by atoms with Crippen molar-refractivity contribution in [1.29, 1.82) is 0 Å². The monoisotopic (exact) mass is 905 g/mol. The molecule has 4 aromatic heterocycles. The molecule has 0 saturated heterocycles. The van der Waals surface area contributed by atoms with Gasteiger partial charge >= 0.3 is 0 Å². The maximum Gasteiger partial charge on any atom is 0.164 e. The summed E-state index contributed by atoms with van der Waals surface area (Å²) >= 11 is 0. The van der Waals surface area contributed by atoms with Gasteiger partial charge in [0.25, 0.3) is 0 Å². The van der Waals surface area contributed by atoms with Crippen LogP contribution in [0.5, 0.6) is 0 Å². The van der Waals surface area contributed by atoms with E-state index in [1.807, 2.05) is 12.1 Å². The molecule has 0 aliphatic carbocycles. The van der Waals surface area contributed by atoms with Crippen molar-refractivity contribution in [2.24, 2.45) is 0 Å². The zero-order valence-corrected chi connectivity index (χ0v) is 38.2. The first-order valence-electron chi connectivity index (χ1n) is 24.0. The molecule has 4 heterocycles. The molecule has 0 aliphatic rings. The van der Waals surface area contributed by atoms with Gasteiger partial charge in [0.1, 0.15) is 5.58 Å². The Bertz CT molecular complexity index is 4620. The van der Waals surface area contributed by atoms with Gasteiger partial charge < -0.3 is 13.6 Å². The predicted molar refractivity (Wildman–Crippen MR) is 293 cm³/mol. The number of benzene rings is 11. The van der Waals surface area contributed by atoms with E-state index in [0.29, 0.717) is 17.5 Å². The molecular formula is C65H39N5O. The quantitative estimate of drug-likeness (QED) is 0.167. The molecule has 0 fully saturated rings. The van der Waals surface area contributed by atoms with Crippen LogP contribution in [0.3, 0.4) is 0 Å². The number of furan rings is 1. The van der Waals surface area contributed by atoms with Crippen LogP contribution in [0.4, 0.5) is 0 Å². The average Bonchev–Trinajstić information content (AvgIpc) is 4.10. The van der Waals surface area contributed by atoms with E-state index in [2.05, 4.69) is 234 Å². The standard InChI is InChI=1S/C65H39N5O/c1-3-15-40(16-4-1)41-27-29-43(30-28-41)63-66-64(46-32-33-56-52(36-46)50-23-11-13-25-55(50)69(56)48-20-5-2-6-21-48)68-65(67-63)47-37-53-51-24-12-14-26-60(51)71-62(53)59(39-47)70-57-34-31-42-17-9-10-22-49(42)61(57)54-35-44-18-7-8-19-45(44)38-58(54)70/h1-39H. The molecule has 6 heteroatoms. The number of hydrogen-bond acceptors (Lipinski definition) is 4. The second-order valence-electron chi connectivity index (χ2n) is 18.4. The fraction of sp³-hybridized carbons (Fsp3) is 0. The molecule has 0 atom stereocenters. The highest BCUT2D eigenvalue weighted by Crippen LogP contribution is 2.44. The Morgan fingerprint density at radius 1 is 0.296 bits per heavy atom. The predicted octanol–water partition coefficient (Wildman–Crippen LogP) is 16.9. The summed E-state index contributed by atoms with van der Waals surface area (Å²) in [7, 11) is 0. The van der Waals surface area contributed by atoms with Crippen LogP contribution in [0, 0.1) is 0 Å². The molecular weight excluding hydrogens is 867 g/mol. The first kappa shape index (κ1) is 39.4. The lowest BCUT2D eigenvalue weighted by Gasteiger charge is -2.13. The number of hydrogen-bond donors (Lipinski definition) is 0. The van der Waals surface area contributed by atoms with Gasteiger partial charge in [-0.05, 0) is 105 Å². The van der Waals surface area contributed by atoms with Crippen LogP contribution in [0.15, 0.2) is 241 Å². The van der Waals surface area contributed by atoms with E-state index in [4.69, 9.17) is 19.4 Å². The molecule has 71 heavy (non-hydrogen) atoms. The third kappa shape index (κ3) is 6.18. The van der Waals surface area contributed by atoms with Gasteiger partial charge in [-0.3, -0.25) is 0 Å². The maximum absolute atomic E-state index is 6.94. The van der Waals surface area contributed by atoms with E-state index >= 15 is 0 Å². The van der Waals surface area contributed by atoms with Gasteiger partial charge in [-0.2, -0.15) is 0 Å². The van der Waals surface area contributed by atoms with Crippen molar-refractivity contribution in [1.82, 2.24) is 24.1 Å². The molecule has 0 N–H and O–H groups in total. The Morgan fingerprint density at radius 3 is 1.66 bits per heavy atom. The van der Waals surface area contributed by atoms with Gasteiger partial charge in [-0.1, -0.05) is 164 Å². The fourth-order valence-corrected chi connectivity index (χ4v) is 11.0. The molecule has 0 bridgehead atoms. The van der Waals surface area contributed by atoms with E-state index in [1.165, 1.54) is 32.3 Å². The van der Waals surface area contributed by atoms with Crippen LogP contribution in [0.2, 0.25) is 0 Å². The van der Waals surface area contributed by atoms with Crippen molar-refractivity contribution in [3.05, 3.63) is 237 Å². The Kier molecular flexibility index (Phi) is 8.56. The minimum absolute atomic E-state index is 0.564. The highest BCUT2D eigenvalue weighted by molar-refractivity contribution is 6.24. The Labute approximate surface area is 407 Å². The summed E-state index contributed by atoms with van der Waals surface area (Å²) in [6.45, 7) is 0. The summed E-state index contributed by atoms with van der Waals surface area (Å²) in [5, 5.41) is 11.4. The van der Waals surface area contributed by atoms with Gasteiger partial charge in [-0.15, -0.1) is 0 Å². The smallest absolute Gasteiger partial charge is 0.164 e. The van der Waals surface area contributed by atoms with E-state index < -0.39 is 0 Å². The summed E-state index contributed by atoms with van der Waals surface area (Å²) in [4.78, 5) is 16.2. The second kappa shape index (κ2) is 15.4. The van der Waals surface area contributed by atoms with E-state index in [9.17, 15) is 0 Å². The molecule has 330 valence electrons. The van der Waals surface area contributed by atoms with Crippen LogP contribution in [-0.4, -0.2) is 24.1 Å². The zero-order valence-electron chi connectivity index (χ0n) is 38.2. The van der Waals surface area contributed by atoms with Crippen molar-refractivity contribution < 1.29 is 4.42 Å². The molecule has 0 radical (unpaired) electrons. The average molecular weight is 906 g/mol. The van der Waals surface area contributed by atoms with Crippen molar-refractivity contribution in [2.75, 3.05) is 0 Å². The molecule has 0 saturated carbocycles. The molecule has 6 nitrogen and oxygen atoms in total. The number of para-hydroxylation sites is 3. The van der Waals surface area contributed by atoms with Gasteiger partial charge in [0, 0.05) is 54.7 Å². The van der Waals surface area contributed by atoms with Crippen molar-refractivity contribution >= 4 is 87.1 Å². The van der Waals surface area contributed by atoms with Gasteiger partial charge in [0.05, 0.1) is 27.8 Å². The Hall–Kier alpha value is -9.65. The second-order valence-corrected chi connectivity index (χ2v) is 18.4. The normalized spacial score (nSPS) is 11.9. The highest BCUT2D eigenvalue weighted by atomic mass is 16.3. The van der Waals surface area contributed by atoms with Crippen LogP contribution in [0.1, 0.15) is 0 Å². The number of fused-ring (bicyclic) bond motifs is 12. The first-order chi connectivity index (χ1) is 35.2. The van der Waals surface area contributed by atoms with Crippen LogP contribution < -0.4 is 0 Å². The number of nitrogens with zero attached hydrogens (tertiary/aromatic N) is 5. The van der Waals surface area contributed by atoms with Gasteiger partial charge in [0.2, 0.25) is 0 Å². The minimum Gasteiger partial charge on any atom is -0.454 e. The minimum atomic E-state index is 0.564. The molecule has 0 amide bonds. The summed E-state index contributed by atoms with van der Waals surface area (Å²) in [6.07, 6.45) is 0. The Morgan fingerprint density at radius 2 is 0.859 bits per heavy atom. The third-order valence-electron chi connectivity index (χ3n) is 14.3. The molecule has 11 aromatic carbocycles. The summed E-state index contributed by atoms with van der Waals surface area (Å²) in [5.41, 5.74) is 13.0. The zero-order chi connectivity index (χ0) is 46.6.